The number of piperidine rings is 1. The minimum atomic E-state index is -0.601. The van der Waals surface area contributed by atoms with Gasteiger partial charge in [-0.15, -0.1) is 0 Å². The first-order valence-corrected chi connectivity index (χ1v) is 13.2. The van der Waals surface area contributed by atoms with Crippen LogP contribution in [0.15, 0.2) is 36.2 Å². The van der Waals surface area contributed by atoms with Crippen molar-refractivity contribution in [1.29, 1.82) is 0 Å². The highest BCUT2D eigenvalue weighted by atomic mass is 35.5. The molecule has 2 saturated heterocycles. The van der Waals surface area contributed by atoms with E-state index in [0.717, 1.165) is 31.0 Å². The number of amides is 4. The highest BCUT2D eigenvalue weighted by molar-refractivity contribution is 7.98. The van der Waals surface area contributed by atoms with Crippen LogP contribution < -0.4 is 10.6 Å². The second kappa shape index (κ2) is 10.8. The number of rotatable bonds is 7. The quantitative estimate of drug-likeness (QED) is 0.590. The van der Waals surface area contributed by atoms with E-state index in [0.29, 0.717) is 36.9 Å². The molecule has 34 heavy (non-hydrogen) atoms. The normalized spacial score (nSPS) is 19.3. The molecule has 3 heterocycles. The molecule has 3 aliphatic rings. The van der Waals surface area contributed by atoms with E-state index >= 15 is 0 Å². The second-order valence-corrected chi connectivity index (χ2v) is 10.3. The average Bonchev–Trinajstić information content (AvgIpc) is 3.34. The van der Waals surface area contributed by atoms with Gasteiger partial charge in [-0.25, -0.2) is 4.79 Å². The van der Waals surface area contributed by atoms with Gasteiger partial charge in [-0.3, -0.25) is 9.59 Å². The Hall–Kier alpha value is -2.59. The molecule has 2 N–H and O–H groups in total. The molecule has 4 amide bonds. The standard InChI is InChI=1S/C23H31ClN6O3S/c1-27-13-20-22(32)30(15-29(20)14-27)18-7-10-28(11-8-18)21(31)19(9-12-34-2)26-23(33)25-17-5-3-16(24)4-6-17/h3-6,13,18-19H,7-12,14-15H2,1-2H3,(H2,25,26,33)/t19-/m1/s1. The average molecular weight is 507 g/mol. The predicted octanol–water partition coefficient (Wildman–Crippen LogP) is 2.42. The zero-order valence-corrected chi connectivity index (χ0v) is 21.1. The minimum absolute atomic E-state index is 0.0727. The lowest BCUT2D eigenvalue weighted by molar-refractivity contribution is -0.135. The number of fused-ring (bicyclic) bond motifs is 1. The third kappa shape index (κ3) is 5.55. The summed E-state index contributed by atoms with van der Waals surface area (Å²) < 4.78 is 0. The first kappa shape index (κ1) is 24.5. The van der Waals surface area contributed by atoms with E-state index in [1.807, 2.05) is 34.2 Å². The molecule has 1 aromatic rings. The molecular weight excluding hydrogens is 476 g/mol. The number of halogens is 1. The summed E-state index contributed by atoms with van der Waals surface area (Å²) in [5, 5.41) is 6.19. The van der Waals surface area contributed by atoms with Crippen molar-refractivity contribution in [2.45, 2.75) is 31.3 Å². The van der Waals surface area contributed by atoms with Crippen molar-refractivity contribution in [2.75, 3.05) is 50.8 Å². The first-order valence-electron chi connectivity index (χ1n) is 11.4. The molecule has 2 fully saturated rings. The predicted molar refractivity (Wildman–Crippen MR) is 134 cm³/mol. The molecule has 0 aromatic heterocycles. The first-order chi connectivity index (χ1) is 16.4. The molecule has 11 heteroatoms. The Morgan fingerprint density at radius 1 is 1.18 bits per heavy atom. The minimum Gasteiger partial charge on any atom is -0.361 e. The number of likely N-dealkylation sites (tertiary alicyclic amines) is 1. The van der Waals surface area contributed by atoms with Crippen molar-refractivity contribution in [2.24, 2.45) is 0 Å². The highest BCUT2D eigenvalue weighted by Gasteiger charge is 2.41. The molecule has 0 spiro atoms. The van der Waals surface area contributed by atoms with E-state index in [1.165, 1.54) is 0 Å². The molecule has 9 nitrogen and oxygen atoms in total. The number of benzene rings is 1. The topological polar surface area (TPSA) is 88.2 Å². The van der Waals surface area contributed by atoms with Crippen molar-refractivity contribution in [3.63, 3.8) is 0 Å². The van der Waals surface area contributed by atoms with Crippen molar-refractivity contribution in [1.82, 2.24) is 24.9 Å². The van der Waals surface area contributed by atoms with Crippen molar-refractivity contribution >= 4 is 46.9 Å². The molecule has 0 radical (unpaired) electrons. The lowest BCUT2D eigenvalue weighted by Crippen LogP contribution is -2.54. The molecule has 3 aliphatic heterocycles. The van der Waals surface area contributed by atoms with Crippen LogP contribution in [-0.2, 0) is 9.59 Å². The Bertz CT molecular complexity index is 951. The SMILES string of the molecule is CSCC[C@@H](NC(=O)Nc1ccc(Cl)cc1)C(=O)N1CCC(N2CN3CN(C)C=C3C2=O)CC1. The van der Waals surface area contributed by atoms with Crippen LogP contribution in [0.1, 0.15) is 19.3 Å². The summed E-state index contributed by atoms with van der Waals surface area (Å²) in [6.07, 6.45) is 5.90. The zero-order chi connectivity index (χ0) is 24.2. The summed E-state index contributed by atoms with van der Waals surface area (Å²) in [6, 6.07) is 5.92. The highest BCUT2D eigenvalue weighted by Crippen LogP contribution is 2.29. The summed E-state index contributed by atoms with van der Waals surface area (Å²) in [7, 11) is 1.96. The zero-order valence-electron chi connectivity index (χ0n) is 19.5. The van der Waals surface area contributed by atoms with Crippen LogP contribution in [0.5, 0.6) is 0 Å². The Labute approximate surface area is 209 Å². The van der Waals surface area contributed by atoms with E-state index in [1.54, 1.807) is 36.0 Å². The number of anilines is 1. The lowest BCUT2D eigenvalue weighted by Gasteiger charge is -2.38. The van der Waals surface area contributed by atoms with Gasteiger partial charge in [0.15, 0.2) is 0 Å². The summed E-state index contributed by atoms with van der Waals surface area (Å²) >= 11 is 7.54. The van der Waals surface area contributed by atoms with Crippen LogP contribution in [0.2, 0.25) is 5.02 Å². The molecule has 0 aliphatic carbocycles. The van der Waals surface area contributed by atoms with Crippen molar-refractivity contribution in [3.8, 4) is 0 Å². The largest absolute Gasteiger partial charge is 0.361 e. The maximum absolute atomic E-state index is 13.3. The van der Waals surface area contributed by atoms with Crippen LogP contribution >= 0.6 is 23.4 Å². The van der Waals surface area contributed by atoms with Crippen molar-refractivity contribution in [3.05, 3.63) is 41.2 Å². The summed E-state index contributed by atoms with van der Waals surface area (Å²) in [5.41, 5.74) is 1.37. The number of carbonyl (C=O) groups is 3. The number of urea groups is 1. The number of nitrogens with zero attached hydrogens (tertiary/aromatic N) is 4. The van der Waals surface area contributed by atoms with E-state index < -0.39 is 12.1 Å². The second-order valence-electron chi connectivity index (χ2n) is 8.86. The fourth-order valence-electron chi connectivity index (χ4n) is 4.63. The monoisotopic (exact) mass is 506 g/mol. The van der Waals surface area contributed by atoms with Gasteiger partial charge < -0.3 is 30.2 Å². The van der Waals surface area contributed by atoms with E-state index in [9.17, 15) is 14.4 Å². The number of thioether (sulfide) groups is 1. The number of nitrogens with one attached hydrogen (secondary N) is 2. The number of hydrogen-bond donors (Lipinski definition) is 2. The molecular formula is C23H31ClN6O3S. The summed E-state index contributed by atoms with van der Waals surface area (Å²) in [4.78, 5) is 46.5. The molecule has 0 unspecified atom stereocenters. The van der Waals surface area contributed by atoms with Gasteiger partial charge in [-0.05, 0) is 55.5 Å². The van der Waals surface area contributed by atoms with Crippen LogP contribution in [0, 0.1) is 0 Å². The lowest BCUT2D eigenvalue weighted by atomic mass is 10.0. The third-order valence-electron chi connectivity index (χ3n) is 6.41. The van der Waals surface area contributed by atoms with Gasteiger partial charge >= 0.3 is 6.03 Å². The van der Waals surface area contributed by atoms with Gasteiger partial charge in [0.25, 0.3) is 5.91 Å². The molecule has 4 rings (SSSR count). The van der Waals surface area contributed by atoms with E-state index in [4.69, 9.17) is 11.6 Å². The van der Waals surface area contributed by atoms with Gasteiger partial charge in [0.05, 0.1) is 13.3 Å². The third-order valence-corrected chi connectivity index (χ3v) is 7.31. The Kier molecular flexibility index (Phi) is 7.77. The van der Waals surface area contributed by atoms with Crippen LogP contribution in [0.3, 0.4) is 0 Å². The van der Waals surface area contributed by atoms with Crippen LogP contribution in [0.25, 0.3) is 0 Å². The summed E-state index contributed by atoms with van der Waals surface area (Å²) in [6.45, 7) is 2.48. The van der Waals surface area contributed by atoms with Gasteiger partial charge in [0.2, 0.25) is 5.91 Å². The van der Waals surface area contributed by atoms with Gasteiger partial charge in [0, 0.05) is 43.1 Å². The Morgan fingerprint density at radius 2 is 1.88 bits per heavy atom. The maximum atomic E-state index is 13.3. The Balaban J connectivity index is 1.31. The van der Waals surface area contributed by atoms with Gasteiger partial charge in [0.1, 0.15) is 11.7 Å². The fourth-order valence-corrected chi connectivity index (χ4v) is 5.23. The van der Waals surface area contributed by atoms with Crippen LogP contribution in [-0.4, -0.2) is 95.0 Å². The van der Waals surface area contributed by atoms with Crippen LogP contribution in [0.4, 0.5) is 10.5 Å². The van der Waals surface area contributed by atoms with E-state index in [-0.39, 0.29) is 17.9 Å². The number of carbonyl (C=O) groups excluding carboxylic acids is 3. The van der Waals surface area contributed by atoms with Gasteiger partial charge in [-0.1, -0.05) is 11.6 Å². The molecule has 1 atom stereocenters. The summed E-state index contributed by atoms with van der Waals surface area (Å²) in [5.74, 6) is 0.763. The fraction of sp³-hybridized carbons (Fsp3) is 0.522. The smallest absolute Gasteiger partial charge is 0.319 e. The van der Waals surface area contributed by atoms with E-state index in [2.05, 4.69) is 15.5 Å². The molecule has 0 bridgehead atoms. The molecule has 0 saturated carbocycles. The molecule has 1 aromatic carbocycles. The number of hydrogen-bond acceptors (Lipinski definition) is 6. The maximum Gasteiger partial charge on any atom is 0.319 e. The molecule has 184 valence electrons. The van der Waals surface area contributed by atoms with Gasteiger partial charge in [-0.2, -0.15) is 11.8 Å². The van der Waals surface area contributed by atoms with Crippen molar-refractivity contribution < 1.29 is 14.4 Å². The Morgan fingerprint density at radius 3 is 2.53 bits per heavy atom.